The van der Waals surface area contributed by atoms with Gasteiger partial charge in [-0.2, -0.15) is 0 Å². The molecule has 0 saturated heterocycles. The summed E-state index contributed by atoms with van der Waals surface area (Å²) in [4.78, 5) is 0. The van der Waals surface area contributed by atoms with E-state index in [0.29, 0.717) is 0 Å². The van der Waals surface area contributed by atoms with Crippen LogP contribution < -0.4 is 0 Å². The first kappa shape index (κ1) is 22.8. The molecule has 0 unspecified atom stereocenters. The molecular formula is C40H26. The molecule has 0 atom stereocenters. The van der Waals surface area contributed by atoms with Crippen LogP contribution in [0.25, 0.3) is 76.8 Å². The second kappa shape index (κ2) is 9.22. The molecule has 0 aliphatic rings. The maximum Gasteiger partial charge on any atom is -0.00264 e. The van der Waals surface area contributed by atoms with Gasteiger partial charge in [0, 0.05) is 0 Å². The maximum absolute atomic E-state index is 2.34. The summed E-state index contributed by atoms with van der Waals surface area (Å²) < 4.78 is 0. The highest BCUT2D eigenvalue weighted by Crippen LogP contribution is 2.38. The van der Waals surface area contributed by atoms with Gasteiger partial charge in [-0.15, -0.1) is 0 Å². The molecule has 0 aliphatic heterocycles. The fourth-order valence-electron chi connectivity index (χ4n) is 6.16. The van der Waals surface area contributed by atoms with E-state index in [9.17, 15) is 0 Å². The summed E-state index contributed by atoms with van der Waals surface area (Å²) in [5, 5.41) is 7.93. The number of hydrogen-bond donors (Lipinski definition) is 0. The third-order valence-electron chi connectivity index (χ3n) is 8.16. The molecule has 0 aromatic heterocycles. The molecule has 186 valence electrons. The van der Waals surface area contributed by atoms with E-state index in [1.54, 1.807) is 0 Å². The first-order valence-electron chi connectivity index (χ1n) is 13.8. The second-order valence-corrected chi connectivity index (χ2v) is 10.6. The highest BCUT2D eigenvalue weighted by Gasteiger charge is 2.11. The Hall–Kier alpha value is -5.20. The van der Waals surface area contributed by atoms with Gasteiger partial charge >= 0.3 is 0 Å². The molecule has 8 aromatic rings. The molecule has 0 spiro atoms. The van der Waals surface area contributed by atoms with Crippen molar-refractivity contribution in [3.8, 4) is 44.5 Å². The van der Waals surface area contributed by atoms with Gasteiger partial charge in [-0.05, 0) is 107 Å². The van der Waals surface area contributed by atoms with E-state index in [2.05, 4.69) is 158 Å². The molecule has 0 amide bonds. The summed E-state index contributed by atoms with van der Waals surface area (Å²) in [7, 11) is 0. The topological polar surface area (TPSA) is 0 Å². The molecule has 8 aromatic carbocycles. The third kappa shape index (κ3) is 3.85. The van der Waals surface area contributed by atoms with Gasteiger partial charge in [0.25, 0.3) is 0 Å². The maximum atomic E-state index is 2.34. The van der Waals surface area contributed by atoms with E-state index in [1.807, 2.05) is 0 Å². The Morgan fingerprint density at radius 1 is 0.200 bits per heavy atom. The van der Waals surface area contributed by atoms with Gasteiger partial charge in [-0.1, -0.05) is 127 Å². The Bertz CT molecular complexity index is 2000. The summed E-state index contributed by atoms with van der Waals surface area (Å²) in [6.07, 6.45) is 0. The van der Waals surface area contributed by atoms with Crippen LogP contribution in [0.1, 0.15) is 0 Å². The summed E-state index contributed by atoms with van der Waals surface area (Å²) in [6, 6.07) is 57.6. The van der Waals surface area contributed by atoms with Crippen molar-refractivity contribution in [1.82, 2.24) is 0 Å². The van der Waals surface area contributed by atoms with Crippen LogP contribution >= 0.6 is 0 Å². The minimum atomic E-state index is 1.22. The van der Waals surface area contributed by atoms with Gasteiger partial charge in [0.2, 0.25) is 0 Å². The Labute approximate surface area is 234 Å². The first-order chi connectivity index (χ1) is 19.8. The average molecular weight is 507 g/mol. The molecule has 0 heteroatoms. The molecule has 0 N–H and O–H groups in total. The van der Waals surface area contributed by atoms with E-state index < -0.39 is 0 Å². The molecule has 8 rings (SSSR count). The van der Waals surface area contributed by atoms with Crippen molar-refractivity contribution >= 4 is 32.3 Å². The minimum Gasteiger partial charge on any atom is -0.0622 e. The molecule has 0 bridgehead atoms. The Kier molecular flexibility index (Phi) is 5.24. The SMILES string of the molecule is c1ccc(-c2cc(-c3ccccc3)cc(-c3ccc(-c4cc5ccc6cccc7ccc(c4)c5c67)cc3)c2)cc1. The second-order valence-electron chi connectivity index (χ2n) is 10.6. The fourth-order valence-corrected chi connectivity index (χ4v) is 6.16. The van der Waals surface area contributed by atoms with Crippen LogP contribution in [-0.4, -0.2) is 0 Å². The Morgan fingerprint density at radius 3 is 1.00 bits per heavy atom. The zero-order valence-electron chi connectivity index (χ0n) is 22.0. The van der Waals surface area contributed by atoms with Gasteiger partial charge in [-0.25, -0.2) is 0 Å². The van der Waals surface area contributed by atoms with Crippen molar-refractivity contribution in [3.63, 3.8) is 0 Å². The monoisotopic (exact) mass is 506 g/mol. The molecule has 0 saturated carbocycles. The van der Waals surface area contributed by atoms with Crippen molar-refractivity contribution in [3.05, 3.63) is 158 Å². The normalized spacial score (nSPS) is 11.5. The van der Waals surface area contributed by atoms with Crippen LogP contribution in [0.3, 0.4) is 0 Å². The van der Waals surface area contributed by atoms with Gasteiger partial charge in [0.15, 0.2) is 0 Å². The number of benzene rings is 8. The highest BCUT2D eigenvalue weighted by molar-refractivity contribution is 6.23. The molecular weight excluding hydrogens is 480 g/mol. The fraction of sp³-hybridized carbons (Fsp3) is 0. The zero-order valence-corrected chi connectivity index (χ0v) is 22.0. The van der Waals surface area contributed by atoms with Gasteiger partial charge in [-0.3, -0.25) is 0 Å². The van der Waals surface area contributed by atoms with E-state index in [1.165, 1.54) is 76.8 Å². The quantitative estimate of drug-likeness (QED) is 0.208. The number of hydrogen-bond acceptors (Lipinski definition) is 0. The smallest absolute Gasteiger partial charge is 0.00264 e. The van der Waals surface area contributed by atoms with Crippen molar-refractivity contribution in [1.29, 1.82) is 0 Å². The predicted molar refractivity (Wildman–Crippen MR) is 172 cm³/mol. The standard InChI is InChI=1S/C40H26/c1-3-8-27(9-4-1)36-24-37(28-10-5-2-6-11-28)26-38(25-36)30-16-14-29(15-17-30)35-22-33-20-18-31-12-7-13-32-19-21-34(23-35)40(33)39(31)32/h1-26H. The molecule has 0 aliphatic carbocycles. The van der Waals surface area contributed by atoms with Gasteiger partial charge in [0.1, 0.15) is 0 Å². The van der Waals surface area contributed by atoms with Crippen LogP contribution in [0.4, 0.5) is 0 Å². The van der Waals surface area contributed by atoms with Crippen LogP contribution in [0, 0.1) is 0 Å². The molecule has 40 heavy (non-hydrogen) atoms. The van der Waals surface area contributed by atoms with E-state index in [0.717, 1.165) is 0 Å². The lowest BCUT2D eigenvalue weighted by Crippen LogP contribution is -1.87. The van der Waals surface area contributed by atoms with E-state index in [4.69, 9.17) is 0 Å². The van der Waals surface area contributed by atoms with Crippen molar-refractivity contribution < 1.29 is 0 Å². The summed E-state index contributed by atoms with van der Waals surface area (Å²) in [5.41, 5.74) is 9.84. The number of rotatable bonds is 4. The van der Waals surface area contributed by atoms with Crippen molar-refractivity contribution in [2.45, 2.75) is 0 Å². The lowest BCUT2D eigenvalue weighted by atomic mass is 9.90. The largest absolute Gasteiger partial charge is 0.0622 e. The van der Waals surface area contributed by atoms with Crippen molar-refractivity contribution in [2.75, 3.05) is 0 Å². The summed E-state index contributed by atoms with van der Waals surface area (Å²) >= 11 is 0. The van der Waals surface area contributed by atoms with Crippen LogP contribution in [0.15, 0.2) is 158 Å². The molecule has 0 radical (unpaired) electrons. The van der Waals surface area contributed by atoms with E-state index >= 15 is 0 Å². The summed E-state index contributed by atoms with van der Waals surface area (Å²) in [5.74, 6) is 0. The van der Waals surface area contributed by atoms with Crippen molar-refractivity contribution in [2.24, 2.45) is 0 Å². The molecule has 0 fully saturated rings. The van der Waals surface area contributed by atoms with Gasteiger partial charge < -0.3 is 0 Å². The minimum absolute atomic E-state index is 1.22. The predicted octanol–water partition coefficient (Wildman–Crippen LogP) is 11.3. The molecule has 0 heterocycles. The van der Waals surface area contributed by atoms with Crippen LogP contribution in [0.2, 0.25) is 0 Å². The van der Waals surface area contributed by atoms with Crippen LogP contribution in [-0.2, 0) is 0 Å². The Balaban J connectivity index is 1.22. The first-order valence-corrected chi connectivity index (χ1v) is 13.8. The lowest BCUT2D eigenvalue weighted by molar-refractivity contribution is 1.56. The molecule has 0 nitrogen and oxygen atoms in total. The van der Waals surface area contributed by atoms with Gasteiger partial charge in [0.05, 0.1) is 0 Å². The Morgan fingerprint density at radius 2 is 0.550 bits per heavy atom. The third-order valence-corrected chi connectivity index (χ3v) is 8.16. The van der Waals surface area contributed by atoms with Crippen LogP contribution in [0.5, 0.6) is 0 Å². The average Bonchev–Trinajstić information content (AvgIpc) is 3.04. The summed E-state index contributed by atoms with van der Waals surface area (Å²) in [6.45, 7) is 0. The lowest BCUT2D eigenvalue weighted by Gasteiger charge is -2.14. The highest BCUT2D eigenvalue weighted by atomic mass is 14.2. The zero-order chi connectivity index (χ0) is 26.5. The van der Waals surface area contributed by atoms with E-state index in [-0.39, 0.29) is 0 Å².